The van der Waals surface area contributed by atoms with E-state index in [1.807, 2.05) is 4.90 Å². The van der Waals surface area contributed by atoms with Crippen LogP contribution in [0.1, 0.15) is 34.1 Å². The number of carbonyl (C=O) groups excluding carboxylic acids is 1. The van der Waals surface area contributed by atoms with Crippen molar-refractivity contribution in [2.45, 2.75) is 34.1 Å². The molecule has 1 heterocycles. The molecule has 0 aliphatic carbocycles. The van der Waals surface area contributed by atoms with E-state index in [1.54, 1.807) is 6.08 Å². The standard InChI is InChI=1S/C15H25NO/c1-7-13(11(2)3)14(17)16-9-8-15(6,10-16)12(4)5/h7,11,13H,1,4,8-10H2,2-3,5-6H3. The Morgan fingerprint density at radius 1 is 1.47 bits per heavy atom. The zero-order chi connectivity index (χ0) is 13.2. The lowest BCUT2D eigenvalue weighted by molar-refractivity contribution is -0.134. The van der Waals surface area contributed by atoms with Crippen LogP contribution in [0.2, 0.25) is 0 Å². The van der Waals surface area contributed by atoms with Crippen LogP contribution in [-0.4, -0.2) is 23.9 Å². The topological polar surface area (TPSA) is 20.3 Å². The smallest absolute Gasteiger partial charge is 0.229 e. The van der Waals surface area contributed by atoms with Gasteiger partial charge in [0.1, 0.15) is 0 Å². The third-order valence-electron chi connectivity index (χ3n) is 4.07. The highest BCUT2D eigenvalue weighted by molar-refractivity contribution is 5.81. The Balaban J connectivity index is 2.74. The molecule has 1 aliphatic heterocycles. The van der Waals surface area contributed by atoms with Crippen LogP contribution in [0.3, 0.4) is 0 Å². The van der Waals surface area contributed by atoms with Gasteiger partial charge in [-0.3, -0.25) is 4.79 Å². The van der Waals surface area contributed by atoms with Crippen molar-refractivity contribution in [1.82, 2.24) is 4.90 Å². The fourth-order valence-corrected chi connectivity index (χ4v) is 2.37. The summed E-state index contributed by atoms with van der Waals surface area (Å²) in [5.74, 6) is 0.485. The summed E-state index contributed by atoms with van der Waals surface area (Å²) < 4.78 is 0. The molecule has 1 fully saturated rings. The Labute approximate surface area is 105 Å². The highest BCUT2D eigenvalue weighted by atomic mass is 16.2. The van der Waals surface area contributed by atoms with Crippen molar-refractivity contribution in [3.63, 3.8) is 0 Å². The fourth-order valence-electron chi connectivity index (χ4n) is 2.37. The van der Waals surface area contributed by atoms with Crippen LogP contribution in [0.4, 0.5) is 0 Å². The summed E-state index contributed by atoms with van der Waals surface area (Å²) in [6.07, 6.45) is 2.81. The lowest BCUT2D eigenvalue weighted by Crippen LogP contribution is -2.37. The van der Waals surface area contributed by atoms with Crippen LogP contribution in [0, 0.1) is 17.3 Å². The van der Waals surface area contributed by atoms with Gasteiger partial charge in [0.2, 0.25) is 5.91 Å². The average molecular weight is 235 g/mol. The highest BCUT2D eigenvalue weighted by Crippen LogP contribution is 2.37. The Morgan fingerprint density at radius 2 is 2.06 bits per heavy atom. The summed E-state index contributed by atoms with van der Waals surface area (Å²) in [6.45, 7) is 17.9. The minimum absolute atomic E-state index is 0.0533. The maximum Gasteiger partial charge on any atom is 0.229 e. The minimum Gasteiger partial charge on any atom is -0.341 e. The van der Waals surface area contributed by atoms with E-state index in [2.05, 4.69) is 40.9 Å². The minimum atomic E-state index is -0.0533. The average Bonchev–Trinajstić information content (AvgIpc) is 2.62. The molecule has 0 aromatic heterocycles. The molecule has 0 bridgehead atoms. The van der Waals surface area contributed by atoms with Gasteiger partial charge in [0.05, 0.1) is 5.92 Å². The number of rotatable bonds is 4. The first-order valence-corrected chi connectivity index (χ1v) is 6.39. The van der Waals surface area contributed by atoms with Gasteiger partial charge in [0.25, 0.3) is 0 Å². The predicted molar refractivity (Wildman–Crippen MR) is 72.6 cm³/mol. The van der Waals surface area contributed by atoms with E-state index < -0.39 is 0 Å². The predicted octanol–water partition coefficient (Wildman–Crippen LogP) is 3.26. The fraction of sp³-hybridized carbons (Fsp3) is 0.667. The Morgan fingerprint density at radius 3 is 2.41 bits per heavy atom. The van der Waals surface area contributed by atoms with Crippen molar-refractivity contribution >= 4 is 5.91 Å². The summed E-state index contributed by atoms with van der Waals surface area (Å²) in [5, 5.41) is 0. The van der Waals surface area contributed by atoms with E-state index in [1.165, 1.54) is 5.57 Å². The largest absolute Gasteiger partial charge is 0.341 e. The third kappa shape index (κ3) is 2.80. The van der Waals surface area contributed by atoms with E-state index in [0.29, 0.717) is 5.92 Å². The maximum absolute atomic E-state index is 12.4. The first kappa shape index (κ1) is 14.0. The molecule has 0 aromatic carbocycles. The summed E-state index contributed by atoms with van der Waals surface area (Å²) >= 11 is 0. The number of hydrogen-bond donors (Lipinski definition) is 0. The van der Waals surface area contributed by atoms with Crippen molar-refractivity contribution in [3.8, 4) is 0 Å². The third-order valence-corrected chi connectivity index (χ3v) is 4.07. The zero-order valence-electron chi connectivity index (χ0n) is 11.6. The number of amides is 1. The van der Waals surface area contributed by atoms with Crippen LogP contribution in [0.25, 0.3) is 0 Å². The maximum atomic E-state index is 12.4. The van der Waals surface area contributed by atoms with E-state index >= 15 is 0 Å². The van der Waals surface area contributed by atoms with Gasteiger partial charge in [0, 0.05) is 18.5 Å². The number of hydrogen-bond acceptors (Lipinski definition) is 1. The monoisotopic (exact) mass is 235 g/mol. The van der Waals surface area contributed by atoms with Crippen LogP contribution >= 0.6 is 0 Å². The molecule has 17 heavy (non-hydrogen) atoms. The molecule has 0 saturated carbocycles. The van der Waals surface area contributed by atoms with Crippen molar-refractivity contribution in [2.24, 2.45) is 17.3 Å². The molecule has 1 amide bonds. The Kier molecular flexibility index (Phi) is 4.18. The van der Waals surface area contributed by atoms with Crippen LogP contribution < -0.4 is 0 Å². The number of nitrogens with zero attached hydrogens (tertiary/aromatic N) is 1. The van der Waals surface area contributed by atoms with Gasteiger partial charge in [-0.05, 0) is 19.3 Å². The Bertz CT molecular complexity index is 332. The molecule has 2 nitrogen and oxygen atoms in total. The normalized spacial score (nSPS) is 26.1. The molecule has 2 heteroatoms. The zero-order valence-corrected chi connectivity index (χ0v) is 11.6. The van der Waals surface area contributed by atoms with Crippen LogP contribution in [0.15, 0.2) is 24.8 Å². The van der Waals surface area contributed by atoms with Crippen molar-refractivity contribution in [2.75, 3.05) is 13.1 Å². The Hall–Kier alpha value is -1.05. The van der Waals surface area contributed by atoms with Gasteiger partial charge in [-0.25, -0.2) is 0 Å². The van der Waals surface area contributed by atoms with Crippen molar-refractivity contribution in [3.05, 3.63) is 24.8 Å². The number of likely N-dealkylation sites (tertiary alicyclic amines) is 1. The van der Waals surface area contributed by atoms with Crippen LogP contribution in [0.5, 0.6) is 0 Å². The molecule has 0 spiro atoms. The lowest BCUT2D eigenvalue weighted by atomic mass is 9.83. The first-order chi connectivity index (χ1) is 7.81. The summed E-state index contributed by atoms with van der Waals surface area (Å²) in [5.41, 5.74) is 1.27. The van der Waals surface area contributed by atoms with Gasteiger partial charge in [0.15, 0.2) is 0 Å². The van der Waals surface area contributed by atoms with Crippen molar-refractivity contribution < 1.29 is 4.79 Å². The van der Waals surface area contributed by atoms with E-state index in [0.717, 1.165) is 19.5 Å². The summed E-state index contributed by atoms with van der Waals surface area (Å²) in [6, 6.07) is 0. The first-order valence-electron chi connectivity index (χ1n) is 6.39. The molecular weight excluding hydrogens is 210 g/mol. The van der Waals surface area contributed by atoms with E-state index in [4.69, 9.17) is 0 Å². The van der Waals surface area contributed by atoms with Gasteiger partial charge < -0.3 is 4.90 Å². The molecule has 2 atom stereocenters. The molecule has 1 saturated heterocycles. The molecule has 0 aromatic rings. The van der Waals surface area contributed by atoms with Gasteiger partial charge in [-0.2, -0.15) is 0 Å². The second-order valence-corrected chi connectivity index (χ2v) is 5.86. The van der Waals surface area contributed by atoms with Crippen molar-refractivity contribution in [1.29, 1.82) is 0 Å². The molecule has 96 valence electrons. The van der Waals surface area contributed by atoms with Gasteiger partial charge in [-0.1, -0.05) is 39.0 Å². The molecule has 1 rings (SSSR count). The van der Waals surface area contributed by atoms with E-state index in [9.17, 15) is 4.79 Å². The molecule has 1 aliphatic rings. The second kappa shape index (κ2) is 5.07. The summed E-state index contributed by atoms with van der Waals surface area (Å²) in [4.78, 5) is 14.3. The van der Waals surface area contributed by atoms with Gasteiger partial charge >= 0.3 is 0 Å². The molecule has 0 N–H and O–H groups in total. The molecule has 2 unspecified atom stereocenters. The van der Waals surface area contributed by atoms with Gasteiger partial charge in [-0.15, -0.1) is 6.58 Å². The van der Waals surface area contributed by atoms with Crippen LogP contribution in [-0.2, 0) is 4.79 Å². The quantitative estimate of drug-likeness (QED) is 0.685. The molecular formula is C15H25NO. The summed E-state index contributed by atoms with van der Waals surface area (Å²) in [7, 11) is 0. The van der Waals surface area contributed by atoms with E-state index in [-0.39, 0.29) is 17.2 Å². The number of carbonyl (C=O) groups is 1. The second-order valence-electron chi connectivity index (χ2n) is 5.86. The SMILES string of the molecule is C=CC(C(=O)N1CCC(C)(C(=C)C)C1)C(C)C. The lowest BCUT2D eigenvalue weighted by Gasteiger charge is -2.27. The molecule has 0 radical (unpaired) electrons. The highest BCUT2D eigenvalue weighted by Gasteiger charge is 2.38.